The first-order valence-electron chi connectivity index (χ1n) is 5.72. The molecule has 1 aromatic heterocycles. The molecule has 0 atom stereocenters. The Balaban J connectivity index is 3.04. The number of aryl methyl sites for hydroxylation is 1. The van der Waals surface area contributed by atoms with Crippen molar-refractivity contribution in [2.24, 2.45) is 0 Å². The first kappa shape index (κ1) is 14.9. The van der Waals surface area contributed by atoms with Crippen molar-refractivity contribution >= 4 is 29.0 Å². The topological polar surface area (TPSA) is 106 Å². The number of halogens is 2. The molecule has 0 saturated heterocycles. The van der Waals surface area contributed by atoms with Crippen LogP contribution in [0.5, 0.6) is 0 Å². The summed E-state index contributed by atoms with van der Waals surface area (Å²) in [5, 5.41) is 19.1. The van der Waals surface area contributed by atoms with E-state index >= 15 is 0 Å². The standard InChI is InChI=1S/C14H8Cl2N4O/c1-6-2-7(15)3-8(12(6)16)11-9(4-17)13(19)20-14(21)10(11)5-18/h2-3H,1H3,(H3,19,20,21). The zero-order chi connectivity index (χ0) is 15.7. The number of nitrogens with zero attached hydrogens (tertiary/aromatic N) is 2. The molecular formula is C14H8Cl2N4O. The fraction of sp³-hybridized carbons (Fsp3) is 0.0714. The van der Waals surface area contributed by atoms with Gasteiger partial charge in [0.05, 0.1) is 5.02 Å². The van der Waals surface area contributed by atoms with Gasteiger partial charge in [-0.15, -0.1) is 0 Å². The number of aromatic amines is 1. The van der Waals surface area contributed by atoms with E-state index in [1.165, 1.54) is 6.07 Å². The largest absolute Gasteiger partial charge is 0.384 e. The van der Waals surface area contributed by atoms with Crippen LogP contribution in [0.4, 0.5) is 5.82 Å². The highest BCUT2D eigenvalue weighted by molar-refractivity contribution is 6.36. The Kier molecular flexibility index (Phi) is 3.90. The van der Waals surface area contributed by atoms with E-state index in [-0.39, 0.29) is 22.5 Å². The molecule has 3 N–H and O–H groups in total. The first-order valence-corrected chi connectivity index (χ1v) is 6.48. The lowest BCUT2D eigenvalue weighted by Gasteiger charge is -2.12. The number of nitrogens with two attached hydrogens (primary N) is 1. The molecule has 0 amide bonds. The maximum Gasteiger partial charge on any atom is 0.268 e. The second-order valence-electron chi connectivity index (χ2n) is 4.30. The normalized spacial score (nSPS) is 9.95. The van der Waals surface area contributed by atoms with Crippen molar-refractivity contribution in [1.29, 1.82) is 10.5 Å². The predicted molar refractivity (Wildman–Crippen MR) is 81.1 cm³/mol. The Morgan fingerprint density at radius 1 is 1.19 bits per heavy atom. The van der Waals surface area contributed by atoms with Crippen LogP contribution in [0, 0.1) is 29.6 Å². The fourth-order valence-corrected chi connectivity index (χ4v) is 2.50. The molecule has 5 nitrogen and oxygen atoms in total. The Labute approximate surface area is 130 Å². The van der Waals surface area contributed by atoms with Crippen LogP contribution in [0.25, 0.3) is 11.1 Å². The molecule has 2 aromatic rings. The Hall–Kier alpha value is -2.47. The average Bonchev–Trinajstić information content (AvgIpc) is 2.42. The minimum atomic E-state index is -0.683. The lowest BCUT2D eigenvalue weighted by molar-refractivity contribution is 1.21. The number of pyridine rings is 1. The monoisotopic (exact) mass is 318 g/mol. The van der Waals surface area contributed by atoms with Crippen molar-refractivity contribution in [2.75, 3.05) is 5.73 Å². The molecule has 0 bridgehead atoms. The predicted octanol–water partition coefficient (Wildman–Crippen LogP) is 2.98. The van der Waals surface area contributed by atoms with Crippen molar-refractivity contribution in [3.8, 4) is 23.3 Å². The minimum absolute atomic E-state index is 0.0188. The van der Waals surface area contributed by atoms with Gasteiger partial charge in [0, 0.05) is 16.1 Å². The molecule has 0 aliphatic rings. The Morgan fingerprint density at radius 3 is 2.38 bits per heavy atom. The van der Waals surface area contributed by atoms with Crippen LogP contribution in [0.15, 0.2) is 16.9 Å². The van der Waals surface area contributed by atoms with Crippen molar-refractivity contribution in [1.82, 2.24) is 4.98 Å². The van der Waals surface area contributed by atoms with E-state index in [9.17, 15) is 15.3 Å². The third-order valence-corrected chi connectivity index (χ3v) is 3.68. The number of H-pyrrole nitrogens is 1. The van der Waals surface area contributed by atoms with Crippen molar-refractivity contribution in [3.63, 3.8) is 0 Å². The number of nitriles is 2. The van der Waals surface area contributed by atoms with E-state index in [4.69, 9.17) is 28.9 Å². The molecule has 0 radical (unpaired) electrons. The zero-order valence-electron chi connectivity index (χ0n) is 10.8. The molecule has 0 aliphatic heterocycles. The Bertz CT molecular complexity index is 888. The summed E-state index contributed by atoms with van der Waals surface area (Å²) in [6.45, 7) is 1.73. The summed E-state index contributed by atoms with van der Waals surface area (Å²) < 4.78 is 0. The van der Waals surface area contributed by atoms with Gasteiger partial charge in [0.15, 0.2) is 0 Å². The van der Waals surface area contributed by atoms with Gasteiger partial charge in [-0.1, -0.05) is 23.2 Å². The van der Waals surface area contributed by atoms with Gasteiger partial charge in [-0.2, -0.15) is 10.5 Å². The number of hydrogen-bond donors (Lipinski definition) is 2. The van der Waals surface area contributed by atoms with E-state index in [0.717, 1.165) is 0 Å². The third-order valence-electron chi connectivity index (χ3n) is 2.96. The van der Waals surface area contributed by atoms with E-state index in [2.05, 4.69) is 4.98 Å². The van der Waals surface area contributed by atoms with Gasteiger partial charge in [-0.3, -0.25) is 4.79 Å². The van der Waals surface area contributed by atoms with Gasteiger partial charge in [-0.25, -0.2) is 0 Å². The molecular weight excluding hydrogens is 311 g/mol. The smallest absolute Gasteiger partial charge is 0.268 e. The number of benzene rings is 1. The highest BCUT2D eigenvalue weighted by Gasteiger charge is 2.21. The molecule has 1 aromatic carbocycles. The van der Waals surface area contributed by atoms with E-state index < -0.39 is 5.56 Å². The lowest BCUT2D eigenvalue weighted by Crippen LogP contribution is -2.16. The van der Waals surface area contributed by atoms with Crippen LogP contribution in [0.1, 0.15) is 16.7 Å². The quantitative estimate of drug-likeness (QED) is 0.842. The molecule has 2 rings (SSSR count). The molecule has 0 saturated carbocycles. The van der Waals surface area contributed by atoms with Gasteiger partial charge in [0.25, 0.3) is 5.56 Å². The summed E-state index contributed by atoms with van der Waals surface area (Å²) in [6, 6.07) is 6.79. The Morgan fingerprint density at radius 2 is 1.81 bits per heavy atom. The maximum atomic E-state index is 11.9. The molecule has 0 unspecified atom stereocenters. The SMILES string of the molecule is Cc1cc(Cl)cc(-c2c(C#N)c(N)[nH]c(=O)c2C#N)c1Cl. The van der Waals surface area contributed by atoms with Crippen LogP contribution in [-0.2, 0) is 0 Å². The number of rotatable bonds is 1. The highest BCUT2D eigenvalue weighted by Crippen LogP contribution is 2.37. The van der Waals surface area contributed by atoms with Crippen LogP contribution >= 0.6 is 23.2 Å². The van der Waals surface area contributed by atoms with Crippen molar-refractivity contribution in [2.45, 2.75) is 6.92 Å². The molecule has 21 heavy (non-hydrogen) atoms. The first-order chi connectivity index (χ1) is 9.90. The minimum Gasteiger partial charge on any atom is -0.384 e. The van der Waals surface area contributed by atoms with E-state index in [1.54, 1.807) is 19.1 Å². The number of aromatic nitrogens is 1. The maximum absolute atomic E-state index is 11.9. The van der Waals surface area contributed by atoms with Crippen LogP contribution in [0.3, 0.4) is 0 Å². The second-order valence-corrected chi connectivity index (χ2v) is 5.12. The summed E-state index contributed by atoms with van der Waals surface area (Å²) in [5.74, 6) is -0.120. The second kappa shape index (κ2) is 5.49. The number of hydrogen-bond acceptors (Lipinski definition) is 4. The zero-order valence-corrected chi connectivity index (χ0v) is 12.3. The van der Waals surface area contributed by atoms with Crippen LogP contribution in [0.2, 0.25) is 10.0 Å². The van der Waals surface area contributed by atoms with Gasteiger partial charge < -0.3 is 10.7 Å². The average molecular weight is 319 g/mol. The van der Waals surface area contributed by atoms with Gasteiger partial charge >= 0.3 is 0 Å². The van der Waals surface area contributed by atoms with Crippen molar-refractivity contribution in [3.05, 3.63) is 49.2 Å². The summed E-state index contributed by atoms with van der Waals surface area (Å²) in [4.78, 5) is 14.1. The number of anilines is 1. The number of nitrogen functional groups attached to an aromatic ring is 1. The fourth-order valence-electron chi connectivity index (χ4n) is 2.02. The molecule has 1 heterocycles. The molecule has 0 spiro atoms. The van der Waals surface area contributed by atoms with E-state index in [0.29, 0.717) is 21.2 Å². The van der Waals surface area contributed by atoms with E-state index in [1.807, 2.05) is 6.07 Å². The van der Waals surface area contributed by atoms with Crippen LogP contribution < -0.4 is 11.3 Å². The summed E-state index contributed by atoms with van der Waals surface area (Å²) in [6.07, 6.45) is 0. The van der Waals surface area contributed by atoms with Gasteiger partial charge in [-0.05, 0) is 24.6 Å². The highest BCUT2D eigenvalue weighted by atomic mass is 35.5. The summed E-state index contributed by atoms with van der Waals surface area (Å²) in [5.41, 5.74) is 5.80. The molecule has 104 valence electrons. The molecule has 0 aliphatic carbocycles. The third kappa shape index (κ3) is 2.45. The van der Waals surface area contributed by atoms with Gasteiger partial charge in [0.2, 0.25) is 0 Å². The lowest BCUT2D eigenvalue weighted by atomic mass is 9.95. The molecule has 7 heteroatoms. The summed E-state index contributed by atoms with van der Waals surface area (Å²) >= 11 is 12.2. The molecule has 0 fully saturated rings. The van der Waals surface area contributed by atoms with Gasteiger partial charge in [0.1, 0.15) is 29.1 Å². The summed E-state index contributed by atoms with van der Waals surface area (Å²) in [7, 11) is 0. The van der Waals surface area contributed by atoms with Crippen LogP contribution in [-0.4, -0.2) is 4.98 Å². The number of nitrogens with one attached hydrogen (secondary N) is 1. The van der Waals surface area contributed by atoms with Crippen molar-refractivity contribution < 1.29 is 0 Å².